The fraction of sp³-hybridized carbons (Fsp3) is 0.118. The molecule has 0 bridgehead atoms. The van der Waals surface area contributed by atoms with Crippen molar-refractivity contribution in [3.05, 3.63) is 115 Å². The van der Waals surface area contributed by atoms with Crippen molar-refractivity contribution in [3.8, 4) is 45.1 Å². The minimum atomic E-state index is -0.273. The maximum Gasteiger partial charge on any atom is 0.260 e. The molecule has 4 aromatic carbocycles. The summed E-state index contributed by atoms with van der Waals surface area (Å²) in [7, 11) is 5.50. The lowest BCUT2D eigenvalue weighted by Crippen LogP contribution is -2.24. The number of hydrogen-bond acceptors (Lipinski definition) is 5. The Morgan fingerprint density at radius 1 is 0.878 bits per heavy atom. The third-order valence-corrected chi connectivity index (χ3v) is 6.82. The van der Waals surface area contributed by atoms with Crippen LogP contribution in [0.25, 0.3) is 33.6 Å². The van der Waals surface area contributed by atoms with Gasteiger partial charge in [0.2, 0.25) is 0 Å². The van der Waals surface area contributed by atoms with E-state index >= 15 is 0 Å². The molecule has 0 atom stereocenters. The molecule has 1 amide bonds. The molecule has 0 fully saturated rings. The predicted molar refractivity (Wildman–Crippen MR) is 165 cm³/mol. The lowest BCUT2D eigenvalue weighted by molar-refractivity contribution is -0.121. The van der Waals surface area contributed by atoms with Crippen LogP contribution < -0.4 is 15.1 Å². The Balaban J connectivity index is 1.55. The molecule has 7 nitrogen and oxygen atoms in total. The van der Waals surface area contributed by atoms with E-state index in [2.05, 4.69) is 74.6 Å². The van der Waals surface area contributed by atoms with Gasteiger partial charge in [0.15, 0.2) is 11.5 Å². The van der Waals surface area contributed by atoms with Crippen molar-refractivity contribution >= 4 is 17.8 Å². The smallest absolute Gasteiger partial charge is 0.260 e. The summed E-state index contributed by atoms with van der Waals surface area (Å²) in [6.07, 6.45) is 1.52. The summed E-state index contributed by atoms with van der Waals surface area (Å²) in [5, 5.41) is 14.0. The SMILES string of the molecule is COc1cc(/C=N/NC(=O)Cn2c(-c3ccc(N(C)C)cc3)cc(-c3ccccc3)c2-c2ccccc2)ccc1O. The summed E-state index contributed by atoms with van der Waals surface area (Å²) >= 11 is 0. The van der Waals surface area contributed by atoms with Gasteiger partial charge in [0, 0.05) is 31.0 Å². The number of amides is 1. The molecule has 2 N–H and O–H groups in total. The minimum absolute atomic E-state index is 0.0371. The molecule has 0 saturated carbocycles. The first-order valence-electron chi connectivity index (χ1n) is 13.3. The number of nitrogens with zero attached hydrogens (tertiary/aromatic N) is 3. The summed E-state index contributed by atoms with van der Waals surface area (Å²) in [4.78, 5) is 15.4. The van der Waals surface area contributed by atoms with Crippen LogP contribution in [-0.2, 0) is 11.3 Å². The number of rotatable bonds is 9. The van der Waals surface area contributed by atoms with Gasteiger partial charge in [-0.15, -0.1) is 0 Å². The number of hydrogen-bond donors (Lipinski definition) is 2. The molecule has 0 spiro atoms. The average Bonchev–Trinajstić information content (AvgIpc) is 3.37. The van der Waals surface area contributed by atoms with E-state index in [0.29, 0.717) is 11.3 Å². The van der Waals surface area contributed by atoms with Gasteiger partial charge >= 0.3 is 0 Å². The Hall–Kier alpha value is -5.30. The number of aromatic hydroxyl groups is 1. The predicted octanol–water partition coefficient (Wildman–Crippen LogP) is 6.42. The fourth-order valence-corrected chi connectivity index (χ4v) is 4.76. The molecule has 0 unspecified atom stereocenters. The molecule has 0 aliphatic carbocycles. The first kappa shape index (κ1) is 27.3. The van der Waals surface area contributed by atoms with Crippen molar-refractivity contribution in [3.63, 3.8) is 0 Å². The number of methoxy groups -OCH3 is 1. The zero-order valence-electron chi connectivity index (χ0n) is 23.3. The first-order chi connectivity index (χ1) is 19.9. The topological polar surface area (TPSA) is 79.1 Å². The number of carbonyl (C=O) groups is 1. The molecule has 5 aromatic rings. The van der Waals surface area contributed by atoms with Crippen molar-refractivity contribution in [2.75, 3.05) is 26.1 Å². The van der Waals surface area contributed by atoms with Gasteiger partial charge in [0.25, 0.3) is 5.91 Å². The van der Waals surface area contributed by atoms with Crippen molar-refractivity contribution in [2.45, 2.75) is 6.54 Å². The molecule has 0 radical (unpaired) electrons. The highest BCUT2D eigenvalue weighted by atomic mass is 16.5. The quantitative estimate of drug-likeness (QED) is 0.166. The molecular weight excluding hydrogens is 512 g/mol. The summed E-state index contributed by atoms with van der Waals surface area (Å²) in [5.74, 6) is 0.0964. The number of phenols is 1. The molecule has 0 saturated heterocycles. The van der Waals surface area contributed by atoms with Gasteiger partial charge in [0.05, 0.1) is 19.0 Å². The van der Waals surface area contributed by atoms with E-state index in [4.69, 9.17) is 4.74 Å². The summed E-state index contributed by atoms with van der Waals surface area (Å²) in [5.41, 5.74) is 10.4. The van der Waals surface area contributed by atoms with Crippen LogP contribution in [0.4, 0.5) is 5.69 Å². The van der Waals surface area contributed by atoms with Crippen molar-refractivity contribution in [1.29, 1.82) is 0 Å². The Morgan fingerprint density at radius 2 is 1.54 bits per heavy atom. The third-order valence-electron chi connectivity index (χ3n) is 6.82. The van der Waals surface area contributed by atoms with Gasteiger partial charge in [-0.1, -0.05) is 72.8 Å². The van der Waals surface area contributed by atoms with Gasteiger partial charge in [-0.2, -0.15) is 5.10 Å². The van der Waals surface area contributed by atoms with Gasteiger partial charge < -0.3 is 19.3 Å². The minimum Gasteiger partial charge on any atom is -0.504 e. The second kappa shape index (κ2) is 12.3. The lowest BCUT2D eigenvalue weighted by atomic mass is 10.0. The van der Waals surface area contributed by atoms with Crippen LogP contribution in [0, 0.1) is 0 Å². The van der Waals surface area contributed by atoms with E-state index in [9.17, 15) is 9.90 Å². The Bertz CT molecular complexity index is 1660. The number of hydrazone groups is 1. The lowest BCUT2D eigenvalue weighted by Gasteiger charge is -2.16. The second-order valence-electron chi connectivity index (χ2n) is 9.78. The summed E-state index contributed by atoms with van der Waals surface area (Å²) < 4.78 is 7.21. The molecule has 5 rings (SSSR count). The van der Waals surface area contributed by atoms with E-state index in [1.165, 1.54) is 19.4 Å². The Labute approximate surface area is 240 Å². The number of nitrogens with one attached hydrogen (secondary N) is 1. The van der Waals surface area contributed by atoms with Gasteiger partial charge in [-0.05, 0) is 58.7 Å². The Kier molecular flexibility index (Phi) is 8.15. The number of anilines is 1. The second-order valence-corrected chi connectivity index (χ2v) is 9.78. The van der Waals surface area contributed by atoms with Crippen molar-refractivity contribution < 1.29 is 14.6 Å². The first-order valence-corrected chi connectivity index (χ1v) is 13.3. The van der Waals surface area contributed by atoms with E-state index < -0.39 is 0 Å². The highest BCUT2D eigenvalue weighted by molar-refractivity contribution is 5.89. The maximum atomic E-state index is 13.3. The maximum absolute atomic E-state index is 13.3. The van der Waals surface area contributed by atoms with Crippen molar-refractivity contribution in [1.82, 2.24) is 9.99 Å². The Morgan fingerprint density at radius 3 is 2.17 bits per heavy atom. The van der Waals surface area contributed by atoms with Gasteiger partial charge in [-0.25, -0.2) is 5.43 Å². The molecule has 0 aliphatic heterocycles. The third kappa shape index (κ3) is 6.15. The highest BCUT2D eigenvalue weighted by Crippen LogP contribution is 2.39. The van der Waals surface area contributed by atoms with Crippen LogP contribution in [-0.4, -0.2) is 43.0 Å². The number of phenolic OH excluding ortho intramolecular Hbond substituents is 1. The molecule has 41 heavy (non-hydrogen) atoms. The number of carbonyl (C=O) groups excluding carboxylic acids is 1. The highest BCUT2D eigenvalue weighted by Gasteiger charge is 2.21. The largest absolute Gasteiger partial charge is 0.504 e. The molecular formula is C34H32N4O3. The summed E-state index contributed by atoms with van der Waals surface area (Å²) in [6.45, 7) is 0.0536. The number of aromatic nitrogens is 1. The number of ether oxygens (including phenoxy) is 1. The van der Waals surface area contributed by atoms with Crippen LogP contribution in [0.15, 0.2) is 114 Å². The molecule has 1 heterocycles. The molecule has 7 heteroatoms. The standard InChI is InChI=1S/C34H32N4O3/c1-37(2)28-17-15-26(16-18-28)30-21-29(25-10-6-4-7-11-25)34(27-12-8-5-9-13-27)38(30)23-33(40)36-35-22-24-14-19-31(39)32(20-24)41-3/h4-22,39H,23H2,1-3H3,(H,36,40)/b35-22+. The molecule has 1 aromatic heterocycles. The van der Waals surface area contributed by atoms with Crippen LogP contribution in [0.3, 0.4) is 0 Å². The summed E-state index contributed by atoms with van der Waals surface area (Å²) in [6, 6.07) is 35.7. The van der Waals surface area contributed by atoms with Gasteiger partial charge in [0.1, 0.15) is 6.54 Å². The van der Waals surface area contributed by atoms with Crippen LogP contribution in [0.1, 0.15) is 5.56 Å². The van der Waals surface area contributed by atoms with E-state index in [1.807, 2.05) is 50.5 Å². The van der Waals surface area contributed by atoms with Crippen molar-refractivity contribution in [2.24, 2.45) is 5.10 Å². The fourth-order valence-electron chi connectivity index (χ4n) is 4.76. The van der Waals surface area contributed by atoms with Crippen LogP contribution in [0.5, 0.6) is 11.5 Å². The molecule has 0 aliphatic rings. The average molecular weight is 545 g/mol. The van der Waals surface area contributed by atoms with E-state index in [1.54, 1.807) is 12.1 Å². The number of benzene rings is 4. The van der Waals surface area contributed by atoms with E-state index in [0.717, 1.165) is 39.3 Å². The zero-order valence-corrected chi connectivity index (χ0v) is 23.3. The van der Waals surface area contributed by atoms with Gasteiger partial charge in [-0.3, -0.25) is 4.79 Å². The zero-order chi connectivity index (χ0) is 28.8. The normalized spacial score (nSPS) is 11.0. The van der Waals surface area contributed by atoms with Crippen LogP contribution >= 0.6 is 0 Å². The van der Waals surface area contributed by atoms with Crippen LogP contribution in [0.2, 0.25) is 0 Å². The van der Waals surface area contributed by atoms with E-state index in [-0.39, 0.29) is 18.2 Å². The molecule has 206 valence electrons. The monoisotopic (exact) mass is 544 g/mol.